The van der Waals surface area contributed by atoms with Crippen molar-refractivity contribution in [1.29, 1.82) is 0 Å². The minimum absolute atomic E-state index is 0.259. The number of hydrogen-bond acceptors (Lipinski definition) is 5. The van der Waals surface area contributed by atoms with Gasteiger partial charge in [0.1, 0.15) is 4.64 Å². The molecule has 0 fully saturated rings. The van der Waals surface area contributed by atoms with E-state index in [2.05, 4.69) is 48.1 Å². The lowest BCUT2D eigenvalue weighted by Crippen LogP contribution is -2.45. The number of benzene rings is 1. The van der Waals surface area contributed by atoms with E-state index in [1.165, 1.54) is 0 Å². The van der Waals surface area contributed by atoms with Gasteiger partial charge in [0, 0.05) is 12.2 Å². The highest BCUT2D eigenvalue weighted by Crippen LogP contribution is 2.17. The highest BCUT2D eigenvalue weighted by molar-refractivity contribution is 7.71. The first-order valence-electron chi connectivity index (χ1n) is 6.84. The zero-order chi connectivity index (χ0) is 15.0. The van der Waals surface area contributed by atoms with Gasteiger partial charge < -0.3 is 0 Å². The molecule has 7 heteroatoms. The number of H-pyrrole nitrogens is 1. The molecular weight excluding hydrogens is 284 g/mol. The molecule has 1 aromatic heterocycles. The molecule has 0 spiro atoms. The Morgan fingerprint density at radius 1 is 1.24 bits per heavy atom. The Kier molecular flexibility index (Phi) is 3.52. The summed E-state index contributed by atoms with van der Waals surface area (Å²) in [6.45, 7) is 6.23. The number of nitrogens with zero attached hydrogens (tertiary/aromatic N) is 3. The molecule has 3 N–H and O–H groups in total. The summed E-state index contributed by atoms with van der Waals surface area (Å²) in [7, 11) is 0. The molecule has 0 amide bonds. The van der Waals surface area contributed by atoms with Gasteiger partial charge in [-0.25, -0.2) is 10.2 Å². The molecule has 0 saturated carbocycles. The van der Waals surface area contributed by atoms with E-state index in [0.717, 1.165) is 22.6 Å². The quantitative estimate of drug-likeness (QED) is 0.761. The Morgan fingerprint density at radius 3 is 2.71 bits per heavy atom. The fourth-order valence-corrected chi connectivity index (χ4v) is 2.63. The lowest BCUT2D eigenvalue weighted by molar-refractivity contribution is 0.246. The van der Waals surface area contributed by atoms with E-state index < -0.39 is 0 Å². The van der Waals surface area contributed by atoms with Gasteiger partial charge in [-0.2, -0.15) is 0 Å². The van der Waals surface area contributed by atoms with Crippen LogP contribution in [-0.2, 0) is 0 Å². The number of hydrazone groups is 1. The Labute approximate surface area is 128 Å². The number of rotatable bonds is 3. The van der Waals surface area contributed by atoms with Gasteiger partial charge in [0.2, 0.25) is 0 Å². The molecule has 6 nitrogen and oxygen atoms in total. The number of para-hydroxylation sites is 1. The molecule has 0 aliphatic carbocycles. The van der Waals surface area contributed by atoms with Crippen LogP contribution >= 0.6 is 12.2 Å². The molecule has 2 aromatic rings. The molecule has 2 heterocycles. The van der Waals surface area contributed by atoms with Crippen LogP contribution in [0.5, 0.6) is 0 Å². The maximum absolute atomic E-state index is 5.61. The molecule has 0 saturated heterocycles. The predicted molar refractivity (Wildman–Crippen MR) is 85.5 cm³/mol. The monoisotopic (exact) mass is 302 g/mol. The predicted octanol–water partition coefficient (Wildman–Crippen LogP) is 2.24. The Bertz CT molecular complexity index is 742. The number of aromatic nitrogens is 2. The zero-order valence-electron chi connectivity index (χ0n) is 12.2. The van der Waals surface area contributed by atoms with Crippen LogP contribution in [0.1, 0.15) is 25.0 Å². The van der Waals surface area contributed by atoms with Crippen molar-refractivity contribution < 1.29 is 0 Å². The maximum atomic E-state index is 5.61. The summed E-state index contributed by atoms with van der Waals surface area (Å²) in [5, 5.41) is 9.44. The largest absolute Gasteiger partial charge is 0.299 e. The van der Waals surface area contributed by atoms with Crippen LogP contribution in [0.3, 0.4) is 0 Å². The third-order valence-electron chi connectivity index (χ3n) is 3.45. The third kappa shape index (κ3) is 2.34. The van der Waals surface area contributed by atoms with Gasteiger partial charge in [-0.1, -0.05) is 30.4 Å². The van der Waals surface area contributed by atoms with E-state index in [4.69, 9.17) is 12.2 Å². The first-order valence-corrected chi connectivity index (χ1v) is 7.25. The van der Waals surface area contributed by atoms with Crippen LogP contribution in [0.25, 0.3) is 5.69 Å². The van der Waals surface area contributed by atoms with E-state index in [0.29, 0.717) is 4.64 Å². The van der Waals surface area contributed by atoms with Crippen LogP contribution in [0.15, 0.2) is 35.6 Å². The van der Waals surface area contributed by atoms with Crippen LogP contribution in [0.2, 0.25) is 0 Å². The van der Waals surface area contributed by atoms with Gasteiger partial charge in [0.25, 0.3) is 0 Å². The van der Waals surface area contributed by atoms with Crippen LogP contribution < -0.4 is 11.1 Å². The number of aromatic amines is 1. The third-order valence-corrected chi connectivity index (χ3v) is 3.85. The number of amidine groups is 1. The lowest BCUT2D eigenvalue weighted by atomic mass is 10.2. The van der Waals surface area contributed by atoms with Crippen molar-refractivity contribution in [2.24, 2.45) is 5.10 Å². The summed E-state index contributed by atoms with van der Waals surface area (Å²) in [4.78, 5) is 0. The number of hydrogen-bond donors (Lipinski definition) is 3. The van der Waals surface area contributed by atoms with Gasteiger partial charge in [-0.05, 0) is 32.4 Å². The highest BCUT2D eigenvalue weighted by atomic mass is 32.1. The van der Waals surface area contributed by atoms with Crippen molar-refractivity contribution in [2.45, 2.75) is 26.8 Å². The summed E-state index contributed by atoms with van der Waals surface area (Å²) in [6.07, 6.45) is 1.89. The van der Waals surface area contributed by atoms with E-state index in [-0.39, 0.29) is 6.04 Å². The fraction of sp³-hybridized carbons (Fsp3) is 0.286. The molecule has 1 aliphatic rings. The molecular formula is C14H18N6S. The molecule has 1 aromatic carbocycles. The van der Waals surface area contributed by atoms with Crippen molar-refractivity contribution in [1.82, 2.24) is 25.9 Å². The molecule has 3 rings (SSSR count). The number of nitrogens with one attached hydrogen (secondary N) is 3. The summed E-state index contributed by atoms with van der Waals surface area (Å²) in [5.41, 5.74) is 8.88. The minimum atomic E-state index is 0.259. The van der Waals surface area contributed by atoms with Crippen molar-refractivity contribution in [2.75, 3.05) is 0 Å². The first kappa shape index (κ1) is 13.8. The normalized spacial score (nSPS) is 14.5. The van der Waals surface area contributed by atoms with Gasteiger partial charge >= 0.3 is 0 Å². The standard InChI is InChI=1S/C14H18N6S/c1-9(2)19-13(16-17-18-19)11-8-15-20(14(11)21)12-7-5-4-6-10(12)3/h4-9,15,17-18H,1-3H3. The van der Waals surface area contributed by atoms with Crippen molar-refractivity contribution >= 4 is 18.1 Å². The topological polar surface area (TPSA) is 60.4 Å². The summed E-state index contributed by atoms with van der Waals surface area (Å²) < 4.78 is 2.61. The summed E-state index contributed by atoms with van der Waals surface area (Å²) in [5.74, 6) is 0.790. The second-order valence-corrected chi connectivity index (χ2v) is 5.62. The zero-order valence-corrected chi connectivity index (χ0v) is 13.0. The smallest absolute Gasteiger partial charge is 0.177 e. The average molecular weight is 302 g/mol. The maximum Gasteiger partial charge on any atom is 0.177 e. The molecule has 21 heavy (non-hydrogen) atoms. The van der Waals surface area contributed by atoms with E-state index in [1.807, 2.05) is 34.1 Å². The Hall–Kier alpha value is -2.12. The Morgan fingerprint density at radius 2 is 2.00 bits per heavy atom. The van der Waals surface area contributed by atoms with Gasteiger partial charge in [0.05, 0.1) is 11.3 Å². The van der Waals surface area contributed by atoms with Crippen LogP contribution in [0.4, 0.5) is 0 Å². The van der Waals surface area contributed by atoms with Crippen molar-refractivity contribution in [3.63, 3.8) is 0 Å². The SMILES string of the molecule is Cc1ccccc1-n1[nH]cc(C2=NNNN2C(C)C)c1=S. The first-order chi connectivity index (χ1) is 10.1. The van der Waals surface area contributed by atoms with E-state index >= 15 is 0 Å². The van der Waals surface area contributed by atoms with Crippen molar-refractivity contribution in [3.05, 3.63) is 46.2 Å². The second kappa shape index (κ2) is 5.34. The van der Waals surface area contributed by atoms with Crippen LogP contribution in [-0.4, -0.2) is 26.7 Å². The molecule has 0 atom stereocenters. The van der Waals surface area contributed by atoms with Crippen LogP contribution in [0, 0.1) is 11.6 Å². The van der Waals surface area contributed by atoms with Gasteiger partial charge in [-0.15, -0.1) is 10.6 Å². The highest BCUT2D eigenvalue weighted by Gasteiger charge is 2.24. The lowest BCUT2D eigenvalue weighted by Gasteiger charge is -2.22. The molecule has 0 unspecified atom stereocenters. The molecule has 110 valence electrons. The summed E-state index contributed by atoms with van der Waals surface area (Å²) >= 11 is 5.61. The number of aryl methyl sites for hydroxylation is 1. The van der Waals surface area contributed by atoms with E-state index in [9.17, 15) is 0 Å². The van der Waals surface area contributed by atoms with Crippen molar-refractivity contribution in [3.8, 4) is 5.69 Å². The van der Waals surface area contributed by atoms with Gasteiger partial charge in [0.15, 0.2) is 5.84 Å². The molecule has 0 radical (unpaired) electrons. The average Bonchev–Trinajstić information content (AvgIpc) is 3.06. The molecule has 1 aliphatic heterocycles. The van der Waals surface area contributed by atoms with E-state index in [1.54, 1.807) is 0 Å². The fourth-order valence-electron chi connectivity index (χ4n) is 2.33. The number of hydrazine groups is 2. The second-order valence-electron chi connectivity index (χ2n) is 5.24. The van der Waals surface area contributed by atoms with Gasteiger partial charge in [-0.3, -0.25) is 10.1 Å². The minimum Gasteiger partial charge on any atom is -0.299 e. The summed E-state index contributed by atoms with van der Waals surface area (Å²) in [6, 6.07) is 8.38. The Balaban J connectivity index is 2.05. The molecule has 0 bridgehead atoms.